The van der Waals surface area contributed by atoms with E-state index in [2.05, 4.69) is 37.7 Å². The summed E-state index contributed by atoms with van der Waals surface area (Å²) in [4.78, 5) is 25.3. The van der Waals surface area contributed by atoms with Gasteiger partial charge in [-0.25, -0.2) is 0 Å². The van der Waals surface area contributed by atoms with E-state index in [0.29, 0.717) is 12.8 Å². The molecule has 4 aliphatic carbocycles. The SMILES string of the molecule is CCCCCC(=O)O.CCCCCCC(=O)O.CN(C1CCCCC1)C1CCCCC1.CN(C1CCCCC1)C1CCCCC1. The number of carboxylic acids is 2. The van der Waals surface area contributed by atoms with Gasteiger partial charge in [0.25, 0.3) is 0 Å². The summed E-state index contributed by atoms with van der Waals surface area (Å²) in [6.07, 6.45) is 37.3. The molecule has 4 saturated carbocycles. The van der Waals surface area contributed by atoms with Gasteiger partial charge in [-0.3, -0.25) is 9.59 Å². The molecule has 0 aromatic heterocycles. The molecule has 0 heterocycles. The zero-order chi connectivity index (χ0) is 33.1. The maximum Gasteiger partial charge on any atom is 0.303 e. The molecule has 6 nitrogen and oxygen atoms in total. The van der Waals surface area contributed by atoms with E-state index in [1.54, 1.807) is 0 Å². The van der Waals surface area contributed by atoms with E-state index >= 15 is 0 Å². The van der Waals surface area contributed by atoms with Crippen LogP contribution in [0.1, 0.15) is 200 Å². The number of aliphatic carboxylic acids is 2. The van der Waals surface area contributed by atoms with Gasteiger partial charge in [-0.15, -0.1) is 0 Å². The van der Waals surface area contributed by atoms with E-state index in [1.165, 1.54) is 135 Å². The van der Waals surface area contributed by atoms with E-state index in [9.17, 15) is 9.59 Å². The van der Waals surface area contributed by atoms with Gasteiger partial charge >= 0.3 is 11.9 Å². The highest BCUT2D eigenvalue weighted by atomic mass is 16.4. The normalized spacial score (nSPS) is 20.3. The van der Waals surface area contributed by atoms with Crippen LogP contribution in [0.4, 0.5) is 0 Å². The van der Waals surface area contributed by atoms with E-state index in [-0.39, 0.29) is 0 Å². The fourth-order valence-electron chi connectivity index (χ4n) is 7.78. The Hall–Kier alpha value is -1.14. The zero-order valence-corrected chi connectivity index (χ0v) is 30.4. The van der Waals surface area contributed by atoms with Gasteiger partial charge in [-0.1, -0.05) is 123 Å². The first-order chi connectivity index (χ1) is 21.8. The molecule has 0 unspecified atom stereocenters. The highest BCUT2D eigenvalue weighted by Gasteiger charge is 2.26. The molecule has 6 heteroatoms. The van der Waals surface area contributed by atoms with Crippen LogP contribution in [-0.2, 0) is 9.59 Å². The molecule has 0 aromatic carbocycles. The highest BCUT2D eigenvalue weighted by molar-refractivity contribution is 5.66. The van der Waals surface area contributed by atoms with Crippen molar-refractivity contribution >= 4 is 11.9 Å². The third kappa shape index (κ3) is 21.4. The minimum atomic E-state index is -0.682. The molecule has 2 N–H and O–H groups in total. The van der Waals surface area contributed by atoms with Crippen LogP contribution in [0, 0.1) is 0 Å². The second-order valence-corrected chi connectivity index (χ2v) is 14.6. The van der Waals surface area contributed by atoms with Gasteiger partial charge in [0.15, 0.2) is 0 Å². The summed E-state index contributed by atoms with van der Waals surface area (Å²) in [6.45, 7) is 4.17. The van der Waals surface area contributed by atoms with Crippen molar-refractivity contribution in [1.82, 2.24) is 9.80 Å². The molecule has 0 aromatic rings. The summed E-state index contributed by atoms with van der Waals surface area (Å²) in [5.41, 5.74) is 0. The predicted octanol–water partition coefficient (Wildman–Crippen LogP) is 10.9. The number of unbranched alkanes of at least 4 members (excludes halogenated alkanes) is 5. The molecule has 0 saturated heterocycles. The Bertz CT molecular complexity index is 619. The van der Waals surface area contributed by atoms with Crippen molar-refractivity contribution < 1.29 is 19.8 Å². The molecule has 4 rings (SSSR count). The van der Waals surface area contributed by atoms with Crippen LogP contribution in [0.5, 0.6) is 0 Å². The summed E-state index contributed by atoms with van der Waals surface area (Å²) in [6, 6.07) is 3.69. The summed E-state index contributed by atoms with van der Waals surface area (Å²) >= 11 is 0. The lowest BCUT2D eigenvalue weighted by Crippen LogP contribution is -2.42. The standard InChI is InChI=1S/2C13H25N.C7H14O2.C6H12O2/c2*1-14(12-8-4-2-5-9-12)13-10-6-3-7-11-13;1-2-3-4-5-6-7(8)9;1-2-3-4-5-6(7)8/h2*12-13H,2-11H2,1H3;2-6H2,1H3,(H,8,9);2-5H2,1H3,(H,7,8). The van der Waals surface area contributed by atoms with Crippen LogP contribution >= 0.6 is 0 Å². The van der Waals surface area contributed by atoms with Crippen LogP contribution in [0.3, 0.4) is 0 Å². The number of hydrogen-bond donors (Lipinski definition) is 2. The lowest BCUT2D eigenvalue weighted by Gasteiger charge is -2.39. The van der Waals surface area contributed by atoms with Gasteiger partial charge in [0.2, 0.25) is 0 Å². The molecule has 0 atom stereocenters. The summed E-state index contributed by atoms with van der Waals surface area (Å²) in [5, 5.41) is 16.4. The van der Waals surface area contributed by atoms with Crippen LogP contribution in [0.25, 0.3) is 0 Å². The second kappa shape index (κ2) is 27.9. The summed E-state index contributed by atoms with van der Waals surface area (Å²) < 4.78 is 0. The van der Waals surface area contributed by atoms with E-state index in [0.717, 1.165) is 62.7 Å². The van der Waals surface area contributed by atoms with Gasteiger partial charge in [0, 0.05) is 37.0 Å². The van der Waals surface area contributed by atoms with Gasteiger partial charge in [-0.2, -0.15) is 0 Å². The van der Waals surface area contributed by atoms with E-state index < -0.39 is 11.9 Å². The van der Waals surface area contributed by atoms with Crippen LogP contribution in [0.2, 0.25) is 0 Å². The van der Waals surface area contributed by atoms with Crippen molar-refractivity contribution in [3.63, 3.8) is 0 Å². The molecule has 266 valence electrons. The number of hydrogen-bond acceptors (Lipinski definition) is 4. The summed E-state index contributed by atoms with van der Waals surface area (Å²) in [5.74, 6) is -1.36. The topological polar surface area (TPSA) is 81.1 Å². The van der Waals surface area contributed by atoms with Crippen LogP contribution in [-0.4, -0.2) is 70.2 Å². The smallest absolute Gasteiger partial charge is 0.303 e. The van der Waals surface area contributed by atoms with Crippen molar-refractivity contribution in [1.29, 1.82) is 0 Å². The van der Waals surface area contributed by atoms with Gasteiger partial charge in [0.05, 0.1) is 0 Å². The molecule has 0 amide bonds. The Morgan fingerprint density at radius 1 is 0.444 bits per heavy atom. The number of carboxylic acid groups (broad SMARTS) is 2. The number of rotatable bonds is 13. The maximum absolute atomic E-state index is 9.96. The van der Waals surface area contributed by atoms with Crippen molar-refractivity contribution in [3.05, 3.63) is 0 Å². The minimum Gasteiger partial charge on any atom is -0.481 e. The Morgan fingerprint density at radius 2 is 0.689 bits per heavy atom. The first-order valence-corrected chi connectivity index (χ1v) is 19.7. The van der Waals surface area contributed by atoms with Crippen molar-refractivity contribution in [2.75, 3.05) is 14.1 Å². The first kappa shape index (κ1) is 41.9. The predicted molar refractivity (Wildman–Crippen MR) is 191 cm³/mol. The molecule has 0 bridgehead atoms. The van der Waals surface area contributed by atoms with Gasteiger partial charge < -0.3 is 20.0 Å². The fraction of sp³-hybridized carbons (Fsp3) is 0.949. The number of nitrogens with zero attached hydrogens (tertiary/aromatic N) is 2. The second-order valence-electron chi connectivity index (χ2n) is 14.6. The molecular weight excluding hydrogens is 560 g/mol. The molecule has 45 heavy (non-hydrogen) atoms. The molecule has 0 spiro atoms. The minimum absolute atomic E-state index is 0.327. The first-order valence-electron chi connectivity index (χ1n) is 19.7. The quantitative estimate of drug-likeness (QED) is 0.196. The third-order valence-corrected chi connectivity index (χ3v) is 10.8. The van der Waals surface area contributed by atoms with E-state index in [1.807, 2.05) is 0 Å². The van der Waals surface area contributed by atoms with Crippen molar-refractivity contribution in [2.24, 2.45) is 0 Å². The largest absolute Gasteiger partial charge is 0.481 e. The maximum atomic E-state index is 9.96. The van der Waals surface area contributed by atoms with Crippen LogP contribution in [0.15, 0.2) is 0 Å². The lowest BCUT2D eigenvalue weighted by atomic mass is 9.89. The molecule has 4 aliphatic rings. The average Bonchev–Trinajstić information content (AvgIpc) is 3.08. The van der Waals surface area contributed by atoms with Gasteiger partial charge in [0.1, 0.15) is 0 Å². The lowest BCUT2D eigenvalue weighted by molar-refractivity contribution is -0.138. The van der Waals surface area contributed by atoms with Crippen molar-refractivity contribution in [3.8, 4) is 0 Å². The third-order valence-electron chi connectivity index (χ3n) is 10.8. The molecule has 0 radical (unpaired) electrons. The molecule has 4 fully saturated rings. The monoisotopic (exact) mass is 637 g/mol. The Kier molecular flexibility index (Phi) is 26.0. The Morgan fingerprint density at radius 3 is 0.933 bits per heavy atom. The Balaban J connectivity index is 0.000000310. The highest BCUT2D eigenvalue weighted by Crippen LogP contribution is 2.29. The molecular formula is C39H76N2O4. The zero-order valence-electron chi connectivity index (χ0n) is 30.4. The van der Waals surface area contributed by atoms with E-state index in [4.69, 9.17) is 10.2 Å². The van der Waals surface area contributed by atoms with Crippen LogP contribution < -0.4 is 0 Å². The van der Waals surface area contributed by atoms with Gasteiger partial charge in [-0.05, 0) is 78.3 Å². The number of carbonyl (C=O) groups is 2. The average molecular weight is 637 g/mol. The summed E-state index contributed by atoms with van der Waals surface area (Å²) in [7, 11) is 4.76. The van der Waals surface area contributed by atoms with Crippen molar-refractivity contribution in [2.45, 2.75) is 224 Å². The molecule has 0 aliphatic heterocycles. The Labute approximate surface area is 279 Å². The fourth-order valence-corrected chi connectivity index (χ4v) is 7.78.